The first-order valence-electron chi connectivity index (χ1n) is 5.41. The highest BCUT2D eigenvalue weighted by molar-refractivity contribution is 5.79. The van der Waals surface area contributed by atoms with Gasteiger partial charge in [0.05, 0.1) is 13.2 Å². The van der Waals surface area contributed by atoms with Crippen LogP contribution in [0.15, 0.2) is 29.5 Å². The highest BCUT2D eigenvalue weighted by atomic mass is 16.5. The summed E-state index contributed by atoms with van der Waals surface area (Å²) in [5, 5.41) is 3.11. The molecule has 0 aliphatic carbocycles. The van der Waals surface area contributed by atoms with E-state index in [4.69, 9.17) is 10.6 Å². The Hall–Kier alpha value is -1.66. The van der Waals surface area contributed by atoms with Crippen LogP contribution in [-0.4, -0.2) is 30.7 Å². The number of hydrogen-bond donors (Lipinski definition) is 3. The maximum absolute atomic E-state index is 5.38. The molecule has 0 bridgehead atoms. The SMILES string of the molecule is COCC(C)NC(=NCc1cccnc1)NN. The molecule has 0 saturated carbocycles. The lowest BCUT2D eigenvalue weighted by molar-refractivity contribution is 0.179. The van der Waals surface area contributed by atoms with Crippen LogP contribution in [0.25, 0.3) is 0 Å². The molecule has 0 aromatic carbocycles. The molecule has 1 heterocycles. The van der Waals surface area contributed by atoms with E-state index in [1.54, 1.807) is 19.5 Å². The van der Waals surface area contributed by atoms with Gasteiger partial charge >= 0.3 is 0 Å². The first-order chi connectivity index (χ1) is 8.26. The quantitative estimate of drug-likeness (QED) is 0.291. The molecule has 0 saturated heterocycles. The normalized spacial score (nSPS) is 13.2. The Kier molecular flexibility index (Phi) is 5.98. The third kappa shape index (κ3) is 5.28. The number of methoxy groups -OCH3 is 1. The summed E-state index contributed by atoms with van der Waals surface area (Å²) in [4.78, 5) is 8.33. The number of ether oxygens (including phenoxy) is 1. The predicted molar refractivity (Wildman–Crippen MR) is 67.2 cm³/mol. The van der Waals surface area contributed by atoms with Crippen molar-refractivity contribution in [3.05, 3.63) is 30.1 Å². The molecule has 17 heavy (non-hydrogen) atoms. The average Bonchev–Trinajstić information content (AvgIpc) is 2.36. The van der Waals surface area contributed by atoms with Crippen molar-refractivity contribution in [2.75, 3.05) is 13.7 Å². The lowest BCUT2D eigenvalue weighted by atomic mass is 10.3. The summed E-state index contributed by atoms with van der Waals surface area (Å²) in [7, 11) is 1.65. The maximum atomic E-state index is 5.38. The molecule has 0 aliphatic heterocycles. The minimum absolute atomic E-state index is 0.142. The van der Waals surface area contributed by atoms with Crippen molar-refractivity contribution in [3.63, 3.8) is 0 Å². The summed E-state index contributed by atoms with van der Waals surface area (Å²) < 4.78 is 5.02. The van der Waals surface area contributed by atoms with Gasteiger partial charge < -0.3 is 10.1 Å². The van der Waals surface area contributed by atoms with E-state index in [-0.39, 0.29) is 6.04 Å². The van der Waals surface area contributed by atoms with E-state index >= 15 is 0 Å². The van der Waals surface area contributed by atoms with Crippen molar-refractivity contribution in [1.82, 2.24) is 15.7 Å². The topological polar surface area (TPSA) is 84.6 Å². The predicted octanol–water partition coefficient (Wildman–Crippen LogP) is 0.0254. The van der Waals surface area contributed by atoms with Gasteiger partial charge in [-0.2, -0.15) is 0 Å². The van der Waals surface area contributed by atoms with E-state index in [0.717, 1.165) is 5.56 Å². The van der Waals surface area contributed by atoms with Crippen LogP contribution in [0.4, 0.5) is 0 Å². The van der Waals surface area contributed by atoms with Gasteiger partial charge in [0, 0.05) is 25.5 Å². The van der Waals surface area contributed by atoms with E-state index in [1.807, 2.05) is 19.1 Å². The van der Waals surface area contributed by atoms with Gasteiger partial charge in [0.1, 0.15) is 0 Å². The number of hydrazine groups is 1. The molecule has 0 radical (unpaired) electrons. The molecule has 94 valence electrons. The van der Waals surface area contributed by atoms with Crippen LogP contribution < -0.4 is 16.6 Å². The lowest BCUT2D eigenvalue weighted by Crippen LogP contribution is -2.46. The van der Waals surface area contributed by atoms with Crippen molar-refractivity contribution < 1.29 is 4.74 Å². The van der Waals surface area contributed by atoms with E-state index in [9.17, 15) is 0 Å². The number of nitrogens with zero attached hydrogens (tertiary/aromatic N) is 2. The monoisotopic (exact) mass is 237 g/mol. The van der Waals surface area contributed by atoms with Gasteiger partial charge in [0.15, 0.2) is 0 Å². The van der Waals surface area contributed by atoms with Crippen molar-refractivity contribution in [3.8, 4) is 0 Å². The number of pyridine rings is 1. The second-order valence-corrected chi connectivity index (χ2v) is 3.67. The molecule has 0 fully saturated rings. The fourth-order valence-electron chi connectivity index (χ4n) is 1.32. The molecule has 1 unspecified atom stereocenters. The average molecular weight is 237 g/mol. The fraction of sp³-hybridized carbons (Fsp3) is 0.455. The molecule has 0 aliphatic rings. The zero-order chi connectivity index (χ0) is 12.5. The Morgan fingerprint density at radius 2 is 2.47 bits per heavy atom. The number of nitrogens with one attached hydrogen (secondary N) is 2. The first kappa shape index (κ1) is 13.4. The summed E-state index contributed by atoms with van der Waals surface area (Å²) in [5.41, 5.74) is 3.55. The second kappa shape index (κ2) is 7.59. The van der Waals surface area contributed by atoms with Crippen molar-refractivity contribution in [2.45, 2.75) is 19.5 Å². The minimum atomic E-state index is 0.142. The molecule has 1 aromatic heterocycles. The van der Waals surface area contributed by atoms with Crippen LogP contribution >= 0.6 is 0 Å². The largest absolute Gasteiger partial charge is 0.383 e. The highest BCUT2D eigenvalue weighted by Gasteiger charge is 2.03. The molecule has 0 amide bonds. The molecule has 1 aromatic rings. The Bertz CT molecular complexity index is 341. The van der Waals surface area contributed by atoms with Crippen LogP contribution in [-0.2, 0) is 11.3 Å². The number of nitrogens with two attached hydrogens (primary N) is 1. The third-order valence-corrected chi connectivity index (χ3v) is 2.08. The number of guanidine groups is 1. The number of hydrogen-bond acceptors (Lipinski definition) is 4. The smallest absolute Gasteiger partial charge is 0.206 e. The van der Waals surface area contributed by atoms with E-state index in [2.05, 4.69) is 20.7 Å². The minimum Gasteiger partial charge on any atom is -0.383 e. The standard InChI is InChI=1S/C11H19N5O/c1-9(8-17-2)15-11(16-12)14-7-10-4-3-5-13-6-10/h3-6,9H,7-8,12H2,1-2H3,(H2,14,15,16). The Morgan fingerprint density at radius 3 is 3.06 bits per heavy atom. The molecule has 0 spiro atoms. The first-order valence-corrected chi connectivity index (χ1v) is 5.41. The lowest BCUT2D eigenvalue weighted by Gasteiger charge is -2.15. The van der Waals surface area contributed by atoms with E-state index in [1.165, 1.54) is 0 Å². The summed E-state index contributed by atoms with van der Waals surface area (Å²) in [5.74, 6) is 5.92. The van der Waals surface area contributed by atoms with Crippen molar-refractivity contribution in [2.24, 2.45) is 10.8 Å². The summed E-state index contributed by atoms with van der Waals surface area (Å²) in [6.45, 7) is 3.11. The number of aromatic nitrogens is 1. The van der Waals surface area contributed by atoms with E-state index < -0.39 is 0 Å². The van der Waals surface area contributed by atoms with Crippen LogP contribution in [0.3, 0.4) is 0 Å². The fourth-order valence-corrected chi connectivity index (χ4v) is 1.32. The van der Waals surface area contributed by atoms with Crippen molar-refractivity contribution >= 4 is 5.96 Å². The number of aliphatic imine (C=N–C) groups is 1. The van der Waals surface area contributed by atoms with Crippen LogP contribution in [0, 0.1) is 0 Å². The summed E-state index contributed by atoms with van der Waals surface area (Å²) in [6, 6.07) is 3.98. The van der Waals surface area contributed by atoms with Gasteiger partial charge in [-0.05, 0) is 18.6 Å². The van der Waals surface area contributed by atoms with Crippen LogP contribution in [0.2, 0.25) is 0 Å². The molecule has 1 rings (SSSR count). The molecule has 6 nitrogen and oxygen atoms in total. The summed E-state index contributed by atoms with van der Waals surface area (Å²) >= 11 is 0. The molecule has 4 N–H and O–H groups in total. The Morgan fingerprint density at radius 1 is 1.65 bits per heavy atom. The molecular formula is C11H19N5O. The van der Waals surface area contributed by atoms with Gasteiger partial charge in [-0.15, -0.1) is 0 Å². The van der Waals surface area contributed by atoms with Crippen LogP contribution in [0.5, 0.6) is 0 Å². The molecule has 6 heteroatoms. The van der Waals surface area contributed by atoms with Gasteiger partial charge in [0.2, 0.25) is 5.96 Å². The van der Waals surface area contributed by atoms with E-state index in [0.29, 0.717) is 19.1 Å². The van der Waals surface area contributed by atoms with Gasteiger partial charge in [-0.3, -0.25) is 10.4 Å². The Balaban J connectivity index is 2.49. The zero-order valence-electron chi connectivity index (χ0n) is 10.2. The third-order valence-electron chi connectivity index (χ3n) is 2.08. The highest BCUT2D eigenvalue weighted by Crippen LogP contribution is 1.97. The number of rotatable bonds is 5. The van der Waals surface area contributed by atoms with Gasteiger partial charge in [-0.1, -0.05) is 6.07 Å². The molecule has 1 atom stereocenters. The summed E-state index contributed by atoms with van der Waals surface area (Å²) in [6.07, 6.45) is 3.50. The van der Waals surface area contributed by atoms with Crippen molar-refractivity contribution in [1.29, 1.82) is 0 Å². The Labute approximate surface area is 101 Å². The zero-order valence-corrected chi connectivity index (χ0v) is 10.2. The second-order valence-electron chi connectivity index (χ2n) is 3.67. The molecular weight excluding hydrogens is 218 g/mol. The maximum Gasteiger partial charge on any atom is 0.206 e. The van der Waals surface area contributed by atoms with Gasteiger partial charge in [-0.25, -0.2) is 10.8 Å². The van der Waals surface area contributed by atoms with Crippen LogP contribution in [0.1, 0.15) is 12.5 Å². The van der Waals surface area contributed by atoms with Gasteiger partial charge in [0.25, 0.3) is 0 Å².